The first-order valence-electron chi connectivity index (χ1n) is 7.44. The number of alkyl halides is 2. The topological polar surface area (TPSA) is 38.0 Å². The SMILES string of the molecule is COc1ccc2c(c1)N(CCCl)CC(Cl)CN=C2c1ccco1. The lowest BCUT2D eigenvalue weighted by molar-refractivity contribution is 0.414. The molecule has 0 N–H and O–H groups in total. The molecule has 1 aromatic heterocycles. The number of halogens is 2. The summed E-state index contributed by atoms with van der Waals surface area (Å²) in [6.45, 7) is 1.92. The fourth-order valence-electron chi connectivity index (χ4n) is 2.71. The summed E-state index contributed by atoms with van der Waals surface area (Å²) in [6.07, 6.45) is 1.65. The van der Waals surface area contributed by atoms with Crippen molar-refractivity contribution in [1.82, 2.24) is 0 Å². The third-order valence-electron chi connectivity index (χ3n) is 3.78. The highest BCUT2D eigenvalue weighted by Crippen LogP contribution is 2.31. The zero-order valence-corrected chi connectivity index (χ0v) is 14.3. The molecule has 4 nitrogen and oxygen atoms in total. The summed E-state index contributed by atoms with van der Waals surface area (Å²) in [7, 11) is 1.66. The molecule has 1 aromatic carbocycles. The van der Waals surface area contributed by atoms with Crippen molar-refractivity contribution in [3.8, 4) is 5.75 Å². The van der Waals surface area contributed by atoms with E-state index >= 15 is 0 Å². The van der Waals surface area contributed by atoms with E-state index in [4.69, 9.17) is 32.4 Å². The van der Waals surface area contributed by atoms with Gasteiger partial charge >= 0.3 is 0 Å². The molecule has 0 fully saturated rings. The largest absolute Gasteiger partial charge is 0.497 e. The number of benzene rings is 1. The molecule has 0 spiro atoms. The Kier molecular flexibility index (Phi) is 5.13. The number of nitrogens with zero attached hydrogens (tertiary/aromatic N) is 2. The molecule has 0 saturated carbocycles. The quantitative estimate of drug-likeness (QED) is 0.785. The lowest BCUT2D eigenvalue weighted by Crippen LogP contribution is -2.35. The number of anilines is 1. The maximum absolute atomic E-state index is 6.44. The molecule has 0 radical (unpaired) electrons. The van der Waals surface area contributed by atoms with Gasteiger partial charge in [-0.3, -0.25) is 4.99 Å². The van der Waals surface area contributed by atoms with Crippen LogP contribution in [0.25, 0.3) is 0 Å². The highest BCUT2D eigenvalue weighted by Gasteiger charge is 2.23. The van der Waals surface area contributed by atoms with Crippen molar-refractivity contribution in [2.45, 2.75) is 5.38 Å². The molecule has 1 unspecified atom stereocenters. The number of hydrogen-bond donors (Lipinski definition) is 0. The summed E-state index contributed by atoms with van der Waals surface area (Å²) < 4.78 is 10.9. The Morgan fingerprint density at radius 2 is 2.26 bits per heavy atom. The van der Waals surface area contributed by atoms with Crippen LogP contribution in [0.3, 0.4) is 0 Å². The first-order valence-corrected chi connectivity index (χ1v) is 8.41. The van der Waals surface area contributed by atoms with Crippen LogP contribution in [0.5, 0.6) is 5.75 Å². The maximum atomic E-state index is 6.44. The second-order valence-corrected chi connectivity index (χ2v) is 6.28. The summed E-state index contributed by atoms with van der Waals surface area (Å²) in [5.74, 6) is 2.04. The molecule has 2 heterocycles. The van der Waals surface area contributed by atoms with Gasteiger partial charge in [-0.25, -0.2) is 0 Å². The molecular formula is C17H18Cl2N2O2. The van der Waals surface area contributed by atoms with Crippen LogP contribution < -0.4 is 9.64 Å². The van der Waals surface area contributed by atoms with Crippen LogP contribution in [0, 0.1) is 0 Å². The molecule has 3 rings (SSSR count). The Bertz CT molecular complexity index is 686. The van der Waals surface area contributed by atoms with Crippen LogP contribution in [0.2, 0.25) is 0 Å². The van der Waals surface area contributed by atoms with Crippen molar-refractivity contribution in [2.75, 3.05) is 37.5 Å². The summed E-state index contributed by atoms with van der Waals surface area (Å²) in [5, 5.41) is -0.0949. The van der Waals surface area contributed by atoms with Gasteiger partial charge in [0.25, 0.3) is 0 Å². The van der Waals surface area contributed by atoms with Gasteiger partial charge in [0.15, 0.2) is 5.76 Å². The number of fused-ring (bicyclic) bond motifs is 1. The fourth-order valence-corrected chi connectivity index (χ4v) is 3.15. The molecule has 2 aromatic rings. The number of hydrogen-bond acceptors (Lipinski definition) is 4. The van der Waals surface area contributed by atoms with Crippen LogP contribution in [0.1, 0.15) is 11.3 Å². The number of furan rings is 1. The Balaban J connectivity index is 2.15. The van der Waals surface area contributed by atoms with Crippen LogP contribution in [0.4, 0.5) is 5.69 Å². The Morgan fingerprint density at radius 3 is 2.96 bits per heavy atom. The van der Waals surface area contributed by atoms with E-state index < -0.39 is 0 Å². The van der Waals surface area contributed by atoms with Crippen molar-refractivity contribution in [1.29, 1.82) is 0 Å². The van der Waals surface area contributed by atoms with Gasteiger partial charge < -0.3 is 14.1 Å². The van der Waals surface area contributed by atoms with Gasteiger partial charge in [0.1, 0.15) is 11.5 Å². The average Bonchev–Trinajstić information content (AvgIpc) is 3.07. The Hall–Kier alpha value is -1.65. The van der Waals surface area contributed by atoms with Crippen molar-refractivity contribution < 1.29 is 9.15 Å². The summed E-state index contributed by atoms with van der Waals surface area (Å²) in [6, 6.07) is 9.69. The van der Waals surface area contributed by atoms with Crippen LogP contribution in [0.15, 0.2) is 46.0 Å². The van der Waals surface area contributed by atoms with E-state index in [1.54, 1.807) is 13.4 Å². The molecule has 1 atom stereocenters. The maximum Gasteiger partial charge on any atom is 0.152 e. The standard InChI is InChI=1S/C17H18Cl2N2O2/c1-22-13-4-5-14-15(9-13)21(7-6-18)11-12(19)10-20-17(14)16-3-2-8-23-16/h2-5,8-9,12H,6-7,10-11H2,1H3. The van der Waals surface area contributed by atoms with Gasteiger partial charge in [-0.1, -0.05) is 0 Å². The van der Waals surface area contributed by atoms with Crippen LogP contribution in [-0.2, 0) is 0 Å². The minimum atomic E-state index is -0.0949. The molecule has 1 aliphatic rings. The van der Waals surface area contributed by atoms with Crippen molar-refractivity contribution >= 4 is 34.6 Å². The first kappa shape index (κ1) is 16.2. The van der Waals surface area contributed by atoms with E-state index in [0.29, 0.717) is 25.5 Å². The molecule has 23 heavy (non-hydrogen) atoms. The zero-order chi connectivity index (χ0) is 16.2. The van der Waals surface area contributed by atoms with E-state index in [1.807, 2.05) is 30.3 Å². The highest BCUT2D eigenvalue weighted by atomic mass is 35.5. The number of aliphatic imine (C=N–C) groups is 1. The molecule has 0 aliphatic carbocycles. The first-order chi connectivity index (χ1) is 11.2. The second kappa shape index (κ2) is 7.28. The monoisotopic (exact) mass is 352 g/mol. The van der Waals surface area contributed by atoms with Gasteiger partial charge in [-0.15, -0.1) is 23.2 Å². The number of methoxy groups -OCH3 is 1. The third-order valence-corrected chi connectivity index (χ3v) is 4.22. The number of rotatable bonds is 4. The molecular weight excluding hydrogens is 335 g/mol. The van der Waals surface area contributed by atoms with E-state index in [9.17, 15) is 0 Å². The van der Waals surface area contributed by atoms with E-state index in [1.165, 1.54) is 0 Å². The predicted octanol–water partition coefficient (Wildman–Crippen LogP) is 3.79. The predicted molar refractivity (Wildman–Crippen MR) is 94.8 cm³/mol. The third kappa shape index (κ3) is 3.48. The molecule has 122 valence electrons. The normalized spacial score (nSPS) is 18.0. The Morgan fingerprint density at radius 1 is 1.39 bits per heavy atom. The summed E-state index contributed by atoms with van der Waals surface area (Å²) in [5.41, 5.74) is 2.80. The van der Waals surface area contributed by atoms with Gasteiger partial charge in [0, 0.05) is 30.6 Å². The highest BCUT2D eigenvalue weighted by molar-refractivity contribution is 6.22. The van der Waals surface area contributed by atoms with E-state index in [2.05, 4.69) is 9.89 Å². The van der Waals surface area contributed by atoms with E-state index in [-0.39, 0.29) is 5.38 Å². The zero-order valence-electron chi connectivity index (χ0n) is 12.8. The van der Waals surface area contributed by atoms with Gasteiger partial charge in [-0.05, 0) is 24.3 Å². The summed E-state index contributed by atoms with van der Waals surface area (Å²) >= 11 is 12.4. The second-order valence-electron chi connectivity index (χ2n) is 5.28. The molecule has 0 amide bonds. The number of ether oxygens (including phenoxy) is 1. The van der Waals surface area contributed by atoms with Crippen molar-refractivity contribution in [2.24, 2.45) is 4.99 Å². The molecule has 1 aliphatic heterocycles. The van der Waals surface area contributed by atoms with Gasteiger partial charge in [0.2, 0.25) is 0 Å². The van der Waals surface area contributed by atoms with E-state index in [0.717, 1.165) is 28.5 Å². The average molecular weight is 353 g/mol. The molecule has 6 heteroatoms. The van der Waals surface area contributed by atoms with Gasteiger partial charge in [0.05, 0.1) is 31.0 Å². The van der Waals surface area contributed by atoms with Crippen molar-refractivity contribution in [3.05, 3.63) is 47.9 Å². The van der Waals surface area contributed by atoms with Crippen LogP contribution in [-0.4, -0.2) is 43.7 Å². The Labute approximate surface area is 145 Å². The van der Waals surface area contributed by atoms with Gasteiger partial charge in [-0.2, -0.15) is 0 Å². The lowest BCUT2D eigenvalue weighted by atomic mass is 10.0. The summed E-state index contributed by atoms with van der Waals surface area (Å²) in [4.78, 5) is 6.87. The van der Waals surface area contributed by atoms with Crippen LogP contribution >= 0.6 is 23.2 Å². The molecule has 0 saturated heterocycles. The van der Waals surface area contributed by atoms with Crippen molar-refractivity contribution in [3.63, 3.8) is 0 Å². The minimum Gasteiger partial charge on any atom is -0.497 e. The molecule has 0 bridgehead atoms. The minimum absolute atomic E-state index is 0.0949. The smallest absolute Gasteiger partial charge is 0.152 e. The lowest BCUT2D eigenvalue weighted by Gasteiger charge is -2.30. The fraction of sp³-hybridized carbons (Fsp3) is 0.353.